The highest BCUT2D eigenvalue weighted by atomic mass is 16.5. The zero-order valence-electron chi connectivity index (χ0n) is 3.59. The van der Waals surface area contributed by atoms with Crippen LogP contribution in [0.25, 0.3) is 0 Å². The Morgan fingerprint density at radius 1 is 1.57 bits per heavy atom. The molecule has 0 aromatic carbocycles. The Balaban J connectivity index is 3.04. The van der Waals surface area contributed by atoms with Gasteiger partial charge < -0.3 is 15.3 Å². The molecule has 3 nitrogen and oxygen atoms in total. The molecule has 0 radical (unpaired) electrons. The predicted octanol–water partition coefficient (Wildman–Crippen LogP) is 0.567. The predicted molar refractivity (Wildman–Crippen MR) is 24.8 cm³/mol. The van der Waals surface area contributed by atoms with Gasteiger partial charge in [0, 0.05) is 12.1 Å². The van der Waals surface area contributed by atoms with E-state index in [1.165, 1.54) is 12.1 Å². The molecule has 0 saturated carbocycles. The van der Waals surface area contributed by atoms with Gasteiger partial charge in [0.25, 0.3) is 5.95 Å². The lowest BCUT2D eigenvalue weighted by molar-refractivity contribution is 0.339. The van der Waals surface area contributed by atoms with Gasteiger partial charge in [0.1, 0.15) is 0 Å². The topological polar surface area (TPSA) is 59.4 Å². The van der Waals surface area contributed by atoms with Crippen LogP contribution < -0.4 is 5.73 Å². The Labute approximate surface area is 40.4 Å². The minimum Gasteiger partial charge on any atom is -0.481 e. The molecule has 1 aromatic rings. The van der Waals surface area contributed by atoms with Crippen molar-refractivity contribution >= 4 is 5.88 Å². The monoisotopic (exact) mass is 99.0 g/mol. The van der Waals surface area contributed by atoms with Crippen LogP contribution in [0, 0.1) is 0 Å². The van der Waals surface area contributed by atoms with E-state index in [-0.39, 0.29) is 11.8 Å². The SMILES string of the molecule is Nc1ccc(O)o1. The van der Waals surface area contributed by atoms with Gasteiger partial charge in [-0.05, 0) is 0 Å². The average molecular weight is 99.1 g/mol. The van der Waals surface area contributed by atoms with Crippen molar-refractivity contribution in [1.82, 2.24) is 0 Å². The maximum atomic E-state index is 8.41. The molecule has 0 amide bonds. The summed E-state index contributed by atoms with van der Waals surface area (Å²) in [5.74, 6) is 0.0926. The first kappa shape index (κ1) is 4.05. The molecule has 0 bridgehead atoms. The summed E-state index contributed by atoms with van der Waals surface area (Å²) in [4.78, 5) is 0. The number of aromatic hydroxyl groups is 1. The second-order valence-corrected chi connectivity index (χ2v) is 1.18. The van der Waals surface area contributed by atoms with Crippen LogP contribution >= 0.6 is 0 Å². The Morgan fingerprint density at radius 2 is 2.29 bits per heavy atom. The lowest BCUT2D eigenvalue weighted by Crippen LogP contribution is -1.74. The van der Waals surface area contributed by atoms with Crippen LogP contribution in [0.15, 0.2) is 16.5 Å². The molecule has 7 heavy (non-hydrogen) atoms. The van der Waals surface area contributed by atoms with E-state index in [1.807, 2.05) is 0 Å². The van der Waals surface area contributed by atoms with Gasteiger partial charge in [0.15, 0.2) is 5.88 Å². The maximum absolute atomic E-state index is 8.41. The lowest BCUT2D eigenvalue weighted by atomic mass is 10.6. The van der Waals surface area contributed by atoms with Crippen molar-refractivity contribution in [3.05, 3.63) is 12.1 Å². The second-order valence-electron chi connectivity index (χ2n) is 1.18. The third kappa shape index (κ3) is 0.652. The van der Waals surface area contributed by atoms with Crippen LogP contribution in [0.3, 0.4) is 0 Å². The van der Waals surface area contributed by atoms with Crippen LogP contribution in [-0.4, -0.2) is 5.11 Å². The molecule has 1 rings (SSSR count). The summed E-state index contributed by atoms with van der Waals surface area (Å²) in [5, 5.41) is 8.41. The highest BCUT2D eigenvalue weighted by molar-refractivity contribution is 5.26. The molecular formula is C4H5NO2. The standard InChI is InChI=1S/C4H5NO2/c5-3-1-2-4(6)7-3/h1-2,6H,5H2. The summed E-state index contributed by atoms with van der Waals surface area (Å²) < 4.78 is 4.42. The first-order chi connectivity index (χ1) is 3.29. The van der Waals surface area contributed by atoms with Gasteiger partial charge >= 0.3 is 0 Å². The van der Waals surface area contributed by atoms with Gasteiger partial charge in [-0.15, -0.1) is 0 Å². The normalized spacial score (nSPS) is 9.14. The van der Waals surface area contributed by atoms with Gasteiger partial charge in [0.2, 0.25) is 0 Å². The van der Waals surface area contributed by atoms with E-state index in [4.69, 9.17) is 10.8 Å². The largest absolute Gasteiger partial charge is 0.481 e. The van der Waals surface area contributed by atoms with Crippen molar-refractivity contribution in [2.45, 2.75) is 0 Å². The van der Waals surface area contributed by atoms with E-state index in [0.29, 0.717) is 0 Å². The zero-order chi connectivity index (χ0) is 5.28. The average Bonchev–Trinajstić information content (AvgIpc) is 1.87. The van der Waals surface area contributed by atoms with Gasteiger partial charge in [-0.2, -0.15) is 0 Å². The Morgan fingerprint density at radius 3 is 2.43 bits per heavy atom. The van der Waals surface area contributed by atoms with E-state index in [9.17, 15) is 0 Å². The number of furan rings is 1. The van der Waals surface area contributed by atoms with Gasteiger partial charge in [-0.3, -0.25) is 0 Å². The van der Waals surface area contributed by atoms with Gasteiger partial charge in [-0.1, -0.05) is 0 Å². The van der Waals surface area contributed by atoms with Crippen LogP contribution in [0.2, 0.25) is 0 Å². The molecular weight excluding hydrogens is 94.0 g/mol. The van der Waals surface area contributed by atoms with Crippen molar-refractivity contribution in [2.75, 3.05) is 5.73 Å². The minimum absolute atomic E-state index is 0.141. The molecule has 0 aliphatic heterocycles. The first-order valence-electron chi connectivity index (χ1n) is 1.83. The van der Waals surface area contributed by atoms with Crippen molar-refractivity contribution in [2.24, 2.45) is 0 Å². The number of rotatable bonds is 0. The first-order valence-corrected chi connectivity index (χ1v) is 1.83. The Kier molecular flexibility index (Phi) is 0.685. The van der Waals surface area contributed by atoms with Crippen molar-refractivity contribution in [3.8, 4) is 5.95 Å². The molecule has 0 unspecified atom stereocenters. The van der Waals surface area contributed by atoms with Crippen molar-refractivity contribution in [1.29, 1.82) is 0 Å². The van der Waals surface area contributed by atoms with E-state index in [0.717, 1.165) is 0 Å². The molecule has 0 aliphatic carbocycles. The Bertz CT molecular complexity index is 142. The molecule has 38 valence electrons. The number of hydrogen-bond acceptors (Lipinski definition) is 3. The number of nitrogens with two attached hydrogens (primary N) is 1. The minimum atomic E-state index is -0.141. The smallest absolute Gasteiger partial charge is 0.283 e. The highest BCUT2D eigenvalue weighted by Gasteiger charge is 1.89. The summed E-state index contributed by atoms with van der Waals surface area (Å²) in [6.45, 7) is 0. The molecule has 3 N–H and O–H groups in total. The van der Waals surface area contributed by atoms with Crippen molar-refractivity contribution in [3.63, 3.8) is 0 Å². The molecule has 0 saturated heterocycles. The summed E-state index contributed by atoms with van der Waals surface area (Å²) in [5.41, 5.74) is 5.05. The second kappa shape index (κ2) is 1.18. The summed E-state index contributed by atoms with van der Waals surface area (Å²) in [7, 11) is 0. The van der Waals surface area contributed by atoms with E-state index in [1.54, 1.807) is 0 Å². The molecule has 0 spiro atoms. The van der Waals surface area contributed by atoms with Crippen LogP contribution in [0.4, 0.5) is 5.88 Å². The summed E-state index contributed by atoms with van der Waals surface area (Å²) in [6.07, 6.45) is 0. The summed E-state index contributed by atoms with van der Waals surface area (Å²) in [6, 6.07) is 2.87. The maximum Gasteiger partial charge on any atom is 0.283 e. The fourth-order valence-corrected chi connectivity index (χ4v) is 0.342. The third-order valence-corrected chi connectivity index (χ3v) is 0.613. The van der Waals surface area contributed by atoms with E-state index in [2.05, 4.69) is 4.42 Å². The third-order valence-electron chi connectivity index (χ3n) is 0.613. The summed E-state index contributed by atoms with van der Waals surface area (Å²) >= 11 is 0. The van der Waals surface area contributed by atoms with Crippen LogP contribution in [0.1, 0.15) is 0 Å². The van der Waals surface area contributed by atoms with Crippen LogP contribution in [-0.2, 0) is 0 Å². The fraction of sp³-hybridized carbons (Fsp3) is 0. The van der Waals surface area contributed by atoms with Crippen molar-refractivity contribution < 1.29 is 9.52 Å². The van der Waals surface area contributed by atoms with Gasteiger partial charge in [0.05, 0.1) is 0 Å². The molecule has 0 atom stereocenters. The highest BCUT2D eigenvalue weighted by Crippen LogP contribution is 2.13. The zero-order valence-corrected chi connectivity index (χ0v) is 3.59. The quantitative estimate of drug-likeness (QED) is 0.499. The molecule has 0 aliphatic rings. The van der Waals surface area contributed by atoms with E-state index < -0.39 is 0 Å². The fourth-order valence-electron chi connectivity index (χ4n) is 0.342. The van der Waals surface area contributed by atoms with Crippen LogP contribution in [0.5, 0.6) is 5.95 Å². The van der Waals surface area contributed by atoms with E-state index >= 15 is 0 Å². The molecule has 0 fully saturated rings. The molecule has 1 aromatic heterocycles. The van der Waals surface area contributed by atoms with Gasteiger partial charge in [-0.25, -0.2) is 0 Å². The number of hydrogen-bond donors (Lipinski definition) is 2. The molecule has 3 heteroatoms. The molecule has 1 heterocycles. The number of anilines is 1. The lowest BCUT2D eigenvalue weighted by Gasteiger charge is -1.76. The Hall–Kier alpha value is -1.12. The number of nitrogen functional groups attached to an aromatic ring is 1.